The molecule has 1 aromatic rings. The van der Waals surface area contributed by atoms with Gasteiger partial charge in [-0.1, -0.05) is 37.5 Å². The molecule has 0 bridgehead atoms. The van der Waals surface area contributed by atoms with Gasteiger partial charge in [-0.3, -0.25) is 0 Å². The Bertz CT molecular complexity index is 478. The number of benzene rings is 1. The topological polar surface area (TPSA) is 29.5 Å². The molecule has 1 aliphatic rings. The third kappa shape index (κ3) is 5.22. The highest BCUT2D eigenvalue weighted by Crippen LogP contribution is 2.37. The number of para-hydroxylation sites is 1. The summed E-state index contributed by atoms with van der Waals surface area (Å²) in [5.74, 6) is 1.59. The molecule has 0 radical (unpaired) electrons. The molecule has 1 atom stereocenters. The van der Waals surface area contributed by atoms with Crippen LogP contribution in [0.4, 0.5) is 0 Å². The number of likely N-dealkylation sites (N-methyl/N-ethyl adjacent to an activating group) is 1. The van der Waals surface area contributed by atoms with Gasteiger partial charge in [-0.2, -0.15) is 0 Å². The summed E-state index contributed by atoms with van der Waals surface area (Å²) in [5.41, 5.74) is 1.33. The second-order valence-corrected chi connectivity index (χ2v) is 7.89. The number of aliphatic hydroxyl groups is 1. The summed E-state index contributed by atoms with van der Waals surface area (Å²) < 4.78 is 6.82. The van der Waals surface area contributed by atoms with Gasteiger partial charge in [-0.25, -0.2) is 0 Å². The zero-order valence-electron chi connectivity index (χ0n) is 15.3. The van der Waals surface area contributed by atoms with Gasteiger partial charge in [0.1, 0.15) is 25.0 Å². The van der Waals surface area contributed by atoms with Gasteiger partial charge in [0.25, 0.3) is 0 Å². The molecule has 0 aliphatic heterocycles. The highest BCUT2D eigenvalue weighted by molar-refractivity contribution is 5.36. The quantitative estimate of drug-likeness (QED) is 0.771. The normalized spacial score (nSPS) is 18.2. The Balaban J connectivity index is 1.95. The zero-order chi connectivity index (χ0) is 16.9. The molecule has 1 aromatic carbocycles. The van der Waals surface area contributed by atoms with Crippen molar-refractivity contribution in [1.29, 1.82) is 0 Å². The number of quaternary nitrogens is 1. The molecule has 0 saturated heterocycles. The lowest BCUT2D eigenvalue weighted by atomic mass is 9.84. The molecular formula is C20H34NO2+. The second-order valence-electron chi connectivity index (χ2n) is 7.89. The van der Waals surface area contributed by atoms with E-state index in [1.807, 2.05) is 6.07 Å². The molecule has 23 heavy (non-hydrogen) atoms. The van der Waals surface area contributed by atoms with E-state index in [1.165, 1.54) is 37.7 Å². The van der Waals surface area contributed by atoms with Gasteiger partial charge in [0, 0.05) is 0 Å². The predicted octanol–water partition coefficient (Wildman–Crippen LogP) is 3.96. The van der Waals surface area contributed by atoms with E-state index in [-0.39, 0.29) is 0 Å². The number of ether oxygens (including phenoxy) is 1. The second kappa shape index (κ2) is 8.16. The monoisotopic (exact) mass is 320 g/mol. The summed E-state index contributed by atoms with van der Waals surface area (Å²) in [6.07, 6.45) is 6.09. The fourth-order valence-electron chi connectivity index (χ4n) is 3.36. The fourth-order valence-corrected chi connectivity index (χ4v) is 3.36. The van der Waals surface area contributed by atoms with Gasteiger partial charge >= 0.3 is 0 Å². The van der Waals surface area contributed by atoms with E-state index in [2.05, 4.69) is 46.1 Å². The lowest BCUT2D eigenvalue weighted by Gasteiger charge is -2.35. The summed E-state index contributed by atoms with van der Waals surface area (Å²) in [6, 6.07) is 8.87. The van der Waals surface area contributed by atoms with Crippen LogP contribution in [0.25, 0.3) is 0 Å². The minimum Gasteiger partial charge on any atom is -0.490 e. The molecule has 1 aliphatic carbocycles. The van der Waals surface area contributed by atoms with Crippen LogP contribution in [0, 0.1) is 0 Å². The van der Waals surface area contributed by atoms with Gasteiger partial charge < -0.3 is 14.3 Å². The summed E-state index contributed by atoms with van der Waals surface area (Å²) in [6.45, 7) is 5.46. The number of rotatable bonds is 7. The van der Waals surface area contributed by atoms with E-state index in [0.29, 0.717) is 25.1 Å². The molecule has 1 N–H and O–H groups in total. The van der Waals surface area contributed by atoms with Crippen molar-refractivity contribution in [2.24, 2.45) is 0 Å². The van der Waals surface area contributed by atoms with Crippen LogP contribution in [-0.2, 0) is 0 Å². The first-order valence-electron chi connectivity index (χ1n) is 9.12. The van der Waals surface area contributed by atoms with Crippen molar-refractivity contribution in [1.82, 2.24) is 0 Å². The summed E-state index contributed by atoms with van der Waals surface area (Å²) >= 11 is 0. The first-order chi connectivity index (χ1) is 10.9. The van der Waals surface area contributed by atoms with Crippen molar-refractivity contribution in [2.75, 3.05) is 27.2 Å². The van der Waals surface area contributed by atoms with Crippen LogP contribution < -0.4 is 4.74 Å². The predicted molar refractivity (Wildman–Crippen MR) is 95.9 cm³/mol. The van der Waals surface area contributed by atoms with Crippen LogP contribution in [0.15, 0.2) is 24.3 Å². The molecule has 1 fully saturated rings. The number of hydrogen-bond acceptors (Lipinski definition) is 2. The average Bonchev–Trinajstić information content (AvgIpc) is 2.53. The number of nitrogens with zero attached hydrogens (tertiary/aromatic N) is 1. The molecule has 1 saturated carbocycles. The molecule has 1 unspecified atom stereocenters. The van der Waals surface area contributed by atoms with E-state index >= 15 is 0 Å². The van der Waals surface area contributed by atoms with Gasteiger partial charge in [0.2, 0.25) is 0 Å². The Kier molecular flexibility index (Phi) is 6.49. The SMILES string of the molecule is CC(C)[N+](C)(C)CC(O)COc1ccccc1C1CCCCC1. The Hall–Kier alpha value is -1.06. The van der Waals surface area contributed by atoms with Gasteiger partial charge in [-0.15, -0.1) is 0 Å². The molecule has 2 rings (SSSR count). The van der Waals surface area contributed by atoms with E-state index in [9.17, 15) is 5.11 Å². The maximum Gasteiger partial charge on any atom is 0.137 e. The molecule has 0 heterocycles. The van der Waals surface area contributed by atoms with Crippen molar-refractivity contribution in [3.05, 3.63) is 29.8 Å². The molecule has 0 aromatic heterocycles. The van der Waals surface area contributed by atoms with Gasteiger partial charge in [0.15, 0.2) is 0 Å². The van der Waals surface area contributed by atoms with Crippen LogP contribution in [0.5, 0.6) is 5.75 Å². The lowest BCUT2D eigenvalue weighted by molar-refractivity contribution is -0.914. The van der Waals surface area contributed by atoms with Crippen molar-refractivity contribution < 1.29 is 14.3 Å². The van der Waals surface area contributed by atoms with E-state index < -0.39 is 6.10 Å². The van der Waals surface area contributed by atoms with Crippen molar-refractivity contribution >= 4 is 0 Å². The van der Waals surface area contributed by atoms with E-state index in [1.54, 1.807) is 0 Å². The third-order valence-electron chi connectivity index (χ3n) is 5.47. The minimum atomic E-state index is -0.438. The first-order valence-corrected chi connectivity index (χ1v) is 9.12. The standard InChI is InChI=1S/C20H34NO2/c1-16(2)21(3,4)14-18(22)15-23-20-13-9-8-12-19(20)17-10-6-5-7-11-17/h8-9,12-13,16-18,22H,5-7,10-11,14-15H2,1-4H3/q+1. The molecular weight excluding hydrogens is 286 g/mol. The zero-order valence-corrected chi connectivity index (χ0v) is 15.3. The summed E-state index contributed by atoms with van der Waals surface area (Å²) in [7, 11) is 4.31. The Morgan fingerprint density at radius 3 is 2.43 bits per heavy atom. The maximum absolute atomic E-state index is 10.4. The Morgan fingerprint density at radius 1 is 1.13 bits per heavy atom. The number of hydrogen-bond donors (Lipinski definition) is 1. The van der Waals surface area contributed by atoms with Crippen molar-refractivity contribution in [3.8, 4) is 5.75 Å². The van der Waals surface area contributed by atoms with E-state index in [4.69, 9.17) is 4.74 Å². The first kappa shape index (κ1) is 18.3. The summed E-state index contributed by atoms with van der Waals surface area (Å²) in [5, 5.41) is 10.4. The van der Waals surface area contributed by atoms with Crippen LogP contribution in [0.1, 0.15) is 57.4 Å². The van der Waals surface area contributed by atoms with Crippen LogP contribution in [-0.4, -0.2) is 49.0 Å². The smallest absolute Gasteiger partial charge is 0.137 e. The third-order valence-corrected chi connectivity index (χ3v) is 5.47. The molecule has 3 nitrogen and oxygen atoms in total. The maximum atomic E-state index is 10.4. The van der Waals surface area contributed by atoms with Gasteiger partial charge in [-0.05, 0) is 44.2 Å². The number of aliphatic hydroxyl groups excluding tert-OH is 1. The Labute approximate surface area is 141 Å². The van der Waals surface area contributed by atoms with Crippen molar-refractivity contribution in [3.63, 3.8) is 0 Å². The van der Waals surface area contributed by atoms with Crippen LogP contribution in [0.3, 0.4) is 0 Å². The lowest BCUT2D eigenvalue weighted by Crippen LogP contribution is -2.51. The fraction of sp³-hybridized carbons (Fsp3) is 0.700. The average molecular weight is 320 g/mol. The van der Waals surface area contributed by atoms with Crippen LogP contribution >= 0.6 is 0 Å². The highest BCUT2D eigenvalue weighted by Gasteiger charge is 2.25. The molecule has 3 heteroatoms. The van der Waals surface area contributed by atoms with Crippen LogP contribution in [0.2, 0.25) is 0 Å². The Morgan fingerprint density at radius 2 is 1.78 bits per heavy atom. The van der Waals surface area contributed by atoms with E-state index in [0.717, 1.165) is 10.2 Å². The van der Waals surface area contributed by atoms with Crippen molar-refractivity contribution in [2.45, 2.75) is 64.0 Å². The largest absolute Gasteiger partial charge is 0.490 e. The molecule has 0 amide bonds. The summed E-state index contributed by atoms with van der Waals surface area (Å²) in [4.78, 5) is 0. The molecule has 0 spiro atoms. The minimum absolute atomic E-state index is 0.373. The highest BCUT2D eigenvalue weighted by atomic mass is 16.5. The van der Waals surface area contributed by atoms with Gasteiger partial charge in [0.05, 0.1) is 20.1 Å². The molecule has 130 valence electrons.